The summed E-state index contributed by atoms with van der Waals surface area (Å²) in [6.07, 6.45) is 5.18. The van der Waals surface area contributed by atoms with E-state index in [2.05, 4.69) is 17.9 Å². The van der Waals surface area contributed by atoms with E-state index < -0.39 is 0 Å². The molecule has 0 radical (unpaired) electrons. The molecule has 4 heteroatoms. The molecule has 1 aromatic heterocycles. The maximum absolute atomic E-state index is 6.39. The number of hydrogen-bond acceptors (Lipinski definition) is 3. The van der Waals surface area contributed by atoms with E-state index in [0.29, 0.717) is 6.04 Å². The Morgan fingerprint density at radius 3 is 2.83 bits per heavy atom. The second kappa shape index (κ2) is 5.12. The number of nitrogens with zero attached hydrogens (tertiary/aromatic N) is 1. The van der Waals surface area contributed by atoms with Crippen molar-refractivity contribution in [3.05, 3.63) is 21.3 Å². The summed E-state index contributed by atoms with van der Waals surface area (Å²) in [5, 5.41) is 0. The van der Waals surface area contributed by atoms with Crippen molar-refractivity contribution in [2.75, 3.05) is 6.54 Å². The van der Waals surface area contributed by atoms with Crippen LogP contribution >= 0.6 is 22.9 Å². The third-order valence-corrected chi connectivity index (χ3v) is 5.87. The zero-order valence-electron chi connectivity index (χ0n) is 10.8. The maximum atomic E-state index is 6.39. The topological polar surface area (TPSA) is 29.3 Å². The van der Waals surface area contributed by atoms with Crippen molar-refractivity contribution in [3.8, 4) is 0 Å². The van der Waals surface area contributed by atoms with Crippen molar-refractivity contribution >= 4 is 22.9 Å². The fourth-order valence-corrected chi connectivity index (χ4v) is 4.89. The fourth-order valence-electron chi connectivity index (χ4n) is 3.63. The Balaban J connectivity index is 1.86. The monoisotopic (exact) mass is 284 g/mol. The second-order valence-electron chi connectivity index (χ2n) is 5.69. The summed E-state index contributed by atoms with van der Waals surface area (Å²) in [7, 11) is 0. The molecule has 1 aliphatic carbocycles. The van der Waals surface area contributed by atoms with Crippen molar-refractivity contribution in [2.45, 2.75) is 50.7 Å². The molecule has 0 aromatic carbocycles. The number of thiophene rings is 1. The van der Waals surface area contributed by atoms with Crippen LogP contribution in [0, 0.1) is 5.92 Å². The number of piperidine rings is 1. The van der Waals surface area contributed by atoms with Crippen molar-refractivity contribution in [2.24, 2.45) is 11.7 Å². The molecule has 1 saturated carbocycles. The van der Waals surface area contributed by atoms with Crippen LogP contribution in [0.3, 0.4) is 0 Å². The van der Waals surface area contributed by atoms with Crippen molar-refractivity contribution in [1.82, 2.24) is 4.90 Å². The summed E-state index contributed by atoms with van der Waals surface area (Å²) in [5.74, 6) is 0.914. The minimum atomic E-state index is 0.221. The zero-order valence-corrected chi connectivity index (χ0v) is 12.4. The number of likely N-dealkylation sites (tertiary alicyclic amines) is 1. The van der Waals surface area contributed by atoms with E-state index in [1.165, 1.54) is 30.7 Å². The Kier molecular flexibility index (Phi) is 3.68. The minimum Gasteiger partial charge on any atom is -0.326 e. The van der Waals surface area contributed by atoms with E-state index in [1.807, 2.05) is 6.07 Å². The second-order valence-corrected chi connectivity index (χ2v) is 7.44. The van der Waals surface area contributed by atoms with Crippen molar-refractivity contribution in [1.29, 1.82) is 0 Å². The fraction of sp³-hybridized carbons (Fsp3) is 0.714. The number of rotatable bonds is 4. The zero-order chi connectivity index (χ0) is 12.7. The van der Waals surface area contributed by atoms with Gasteiger partial charge in [0.1, 0.15) is 0 Å². The van der Waals surface area contributed by atoms with Crippen molar-refractivity contribution < 1.29 is 0 Å². The van der Waals surface area contributed by atoms with E-state index in [9.17, 15) is 0 Å². The molecule has 100 valence electrons. The number of hydrogen-bond donors (Lipinski definition) is 1. The highest BCUT2D eigenvalue weighted by atomic mass is 35.5. The van der Waals surface area contributed by atoms with Crippen LogP contribution < -0.4 is 5.73 Å². The smallest absolute Gasteiger partial charge is 0.0931 e. The maximum Gasteiger partial charge on any atom is 0.0931 e. The molecule has 1 aliphatic heterocycles. The molecule has 3 rings (SSSR count). The summed E-state index contributed by atoms with van der Waals surface area (Å²) in [6, 6.07) is 5.53. The molecule has 4 unspecified atom stereocenters. The van der Waals surface area contributed by atoms with Gasteiger partial charge in [-0.1, -0.05) is 18.5 Å². The van der Waals surface area contributed by atoms with Crippen molar-refractivity contribution in [3.63, 3.8) is 0 Å². The quantitative estimate of drug-likeness (QED) is 0.914. The molecule has 0 spiro atoms. The summed E-state index contributed by atoms with van der Waals surface area (Å²) >= 11 is 7.79. The van der Waals surface area contributed by atoms with Gasteiger partial charge in [-0.25, -0.2) is 0 Å². The van der Waals surface area contributed by atoms with E-state index in [-0.39, 0.29) is 6.04 Å². The van der Waals surface area contributed by atoms with Crippen LogP contribution in [-0.4, -0.2) is 23.5 Å². The number of fused-ring (bicyclic) bond motifs is 2. The largest absolute Gasteiger partial charge is 0.326 e. The predicted octanol–water partition coefficient (Wildman–Crippen LogP) is 3.66. The molecular weight excluding hydrogens is 264 g/mol. The lowest BCUT2D eigenvalue weighted by atomic mass is 10.00. The van der Waals surface area contributed by atoms with Gasteiger partial charge >= 0.3 is 0 Å². The average molecular weight is 285 g/mol. The summed E-state index contributed by atoms with van der Waals surface area (Å²) < 4.78 is 0.877. The SMILES string of the molecule is CCC(N)C(c1ccc(Cl)s1)N1CC2CCC1C2. The normalized spacial score (nSPS) is 30.8. The third kappa shape index (κ3) is 2.22. The summed E-state index contributed by atoms with van der Waals surface area (Å²) in [4.78, 5) is 4.01. The standard InChI is InChI=1S/C14H21ClN2S/c1-2-11(16)14(12-5-6-13(15)18-12)17-8-9-3-4-10(17)7-9/h5-6,9-11,14H,2-4,7-8,16H2,1H3. The van der Waals surface area contributed by atoms with Gasteiger partial charge in [0.05, 0.1) is 10.4 Å². The minimum absolute atomic E-state index is 0.221. The van der Waals surface area contributed by atoms with E-state index in [0.717, 1.165) is 22.7 Å². The highest BCUT2D eigenvalue weighted by Crippen LogP contribution is 2.44. The van der Waals surface area contributed by atoms with Gasteiger partial charge < -0.3 is 5.73 Å². The summed E-state index contributed by atoms with van der Waals surface area (Å²) in [5.41, 5.74) is 6.39. The van der Waals surface area contributed by atoms with Crippen LogP contribution in [0.2, 0.25) is 4.34 Å². The van der Waals surface area contributed by atoms with Crippen LogP contribution in [0.1, 0.15) is 43.5 Å². The molecular formula is C14H21ClN2S. The lowest BCUT2D eigenvalue weighted by Gasteiger charge is -2.37. The van der Waals surface area contributed by atoms with Gasteiger partial charge in [0.15, 0.2) is 0 Å². The molecule has 2 nitrogen and oxygen atoms in total. The predicted molar refractivity (Wildman–Crippen MR) is 78.2 cm³/mol. The first-order valence-corrected chi connectivity index (χ1v) is 8.15. The molecule has 1 saturated heterocycles. The van der Waals surface area contributed by atoms with Gasteiger partial charge in [0, 0.05) is 23.5 Å². The van der Waals surface area contributed by atoms with Crippen LogP contribution in [0.4, 0.5) is 0 Å². The van der Waals surface area contributed by atoms with Gasteiger partial charge in [0.2, 0.25) is 0 Å². The first-order chi connectivity index (χ1) is 8.69. The number of nitrogens with two attached hydrogens (primary N) is 1. The first-order valence-electron chi connectivity index (χ1n) is 6.95. The molecule has 18 heavy (non-hydrogen) atoms. The van der Waals surface area contributed by atoms with Gasteiger partial charge in [0.25, 0.3) is 0 Å². The van der Waals surface area contributed by atoms with Gasteiger partial charge in [-0.15, -0.1) is 11.3 Å². The van der Waals surface area contributed by atoms with Crippen LogP contribution in [-0.2, 0) is 0 Å². The van der Waals surface area contributed by atoms with Crippen LogP contribution in [0.5, 0.6) is 0 Å². The lowest BCUT2D eigenvalue weighted by molar-refractivity contribution is 0.129. The molecule has 2 bridgehead atoms. The third-order valence-electron chi connectivity index (χ3n) is 4.57. The van der Waals surface area contributed by atoms with Crippen LogP contribution in [0.25, 0.3) is 0 Å². The van der Waals surface area contributed by atoms with Gasteiger partial charge in [-0.05, 0) is 43.7 Å². The molecule has 2 heterocycles. The Labute approximate surface area is 118 Å². The van der Waals surface area contributed by atoms with E-state index in [4.69, 9.17) is 17.3 Å². The van der Waals surface area contributed by atoms with E-state index in [1.54, 1.807) is 11.3 Å². The molecule has 4 atom stereocenters. The van der Waals surface area contributed by atoms with Gasteiger partial charge in [-0.2, -0.15) is 0 Å². The Morgan fingerprint density at radius 1 is 1.50 bits per heavy atom. The average Bonchev–Trinajstić information content (AvgIpc) is 3.06. The molecule has 1 aromatic rings. The highest BCUT2D eigenvalue weighted by molar-refractivity contribution is 7.16. The molecule has 0 amide bonds. The Morgan fingerprint density at radius 2 is 2.33 bits per heavy atom. The number of halogens is 1. The van der Waals surface area contributed by atoms with Crippen LogP contribution in [0.15, 0.2) is 12.1 Å². The first kappa shape index (κ1) is 12.9. The lowest BCUT2D eigenvalue weighted by Crippen LogP contribution is -2.44. The molecule has 2 N–H and O–H groups in total. The Bertz CT molecular complexity index is 420. The highest BCUT2D eigenvalue weighted by Gasteiger charge is 2.43. The molecule has 2 fully saturated rings. The summed E-state index contributed by atoms with van der Waals surface area (Å²) in [6.45, 7) is 3.42. The molecule has 2 aliphatic rings. The van der Waals surface area contributed by atoms with E-state index >= 15 is 0 Å². The Hall–Kier alpha value is -0.0900. The van der Waals surface area contributed by atoms with Gasteiger partial charge in [-0.3, -0.25) is 4.90 Å².